The van der Waals surface area contributed by atoms with E-state index in [9.17, 15) is 4.79 Å². The van der Waals surface area contributed by atoms with Gasteiger partial charge < -0.3 is 0 Å². The number of allylic oxidation sites excluding steroid dienone is 4. The van der Waals surface area contributed by atoms with Crippen molar-refractivity contribution in [3.05, 3.63) is 24.3 Å². The van der Waals surface area contributed by atoms with Crippen molar-refractivity contribution in [2.45, 2.75) is 32.6 Å². The quantitative estimate of drug-likeness (QED) is 0.533. The molecule has 0 bridgehead atoms. The molecule has 0 saturated heterocycles. The van der Waals surface area contributed by atoms with Gasteiger partial charge in [-0.15, -0.1) is 0 Å². The molecule has 0 saturated carbocycles. The van der Waals surface area contributed by atoms with Gasteiger partial charge in [0, 0.05) is 6.42 Å². The van der Waals surface area contributed by atoms with Gasteiger partial charge in [-0.25, -0.2) is 0 Å². The lowest BCUT2D eigenvalue weighted by molar-refractivity contribution is 0.556. The van der Waals surface area contributed by atoms with Crippen LogP contribution in [0.1, 0.15) is 32.6 Å². The van der Waals surface area contributed by atoms with E-state index >= 15 is 0 Å². The molecule has 0 aromatic heterocycles. The Hall–Kier alpha value is -0.850. The predicted octanol–water partition coefficient (Wildman–Crippen LogP) is 2.79. The summed E-state index contributed by atoms with van der Waals surface area (Å²) < 4.78 is 0. The lowest BCUT2D eigenvalue weighted by Crippen LogP contribution is -1.66. The number of unbranched alkanes of at least 4 members (excludes halogenated alkanes) is 1. The first kappa shape index (κ1) is 10.2. The molecule has 1 nitrogen and oxygen atoms in total. The molecule has 0 aliphatic carbocycles. The van der Waals surface area contributed by atoms with Crippen molar-refractivity contribution >= 4 is 6.29 Å². The summed E-state index contributed by atoms with van der Waals surface area (Å²) in [6.07, 6.45) is 13.6. The van der Waals surface area contributed by atoms with E-state index in [0.29, 0.717) is 6.42 Å². The van der Waals surface area contributed by atoms with Crippen LogP contribution in [-0.4, -0.2) is 6.29 Å². The zero-order valence-electron chi connectivity index (χ0n) is 7.05. The van der Waals surface area contributed by atoms with Crippen molar-refractivity contribution in [3.8, 4) is 0 Å². The Morgan fingerprint density at radius 2 is 1.91 bits per heavy atom. The maximum Gasteiger partial charge on any atom is 0.202 e. The van der Waals surface area contributed by atoms with Crippen LogP contribution < -0.4 is 0 Å². The summed E-state index contributed by atoms with van der Waals surface area (Å²) in [5.74, 6) is 0. The molecule has 11 heavy (non-hydrogen) atoms. The average Bonchev–Trinajstić information content (AvgIpc) is 2.03. The van der Waals surface area contributed by atoms with Crippen molar-refractivity contribution in [1.29, 1.82) is 0 Å². The third-order valence-corrected chi connectivity index (χ3v) is 1.26. The first-order chi connectivity index (χ1) is 5.41. The average molecular weight is 151 g/mol. The Labute approximate surface area is 68.8 Å². The molecule has 0 N–H and O–H groups in total. The summed E-state index contributed by atoms with van der Waals surface area (Å²) >= 11 is 0. The van der Waals surface area contributed by atoms with Gasteiger partial charge in [0.05, 0.1) is 0 Å². The third-order valence-electron chi connectivity index (χ3n) is 1.26. The smallest absolute Gasteiger partial charge is 0.202 e. The van der Waals surface area contributed by atoms with Gasteiger partial charge in [-0.3, -0.25) is 4.79 Å². The highest BCUT2D eigenvalue weighted by Gasteiger charge is 1.74. The molecular weight excluding hydrogens is 136 g/mol. The lowest BCUT2D eigenvalue weighted by Gasteiger charge is -1.82. The van der Waals surface area contributed by atoms with Gasteiger partial charge in [0.2, 0.25) is 6.29 Å². The molecule has 0 atom stereocenters. The van der Waals surface area contributed by atoms with Gasteiger partial charge in [-0.05, 0) is 12.8 Å². The minimum absolute atomic E-state index is 0.418. The number of rotatable bonds is 6. The summed E-state index contributed by atoms with van der Waals surface area (Å²) in [4.78, 5) is 9.75. The summed E-state index contributed by atoms with van der Waals surface area (Å²) in [5, 5.41) is 0. The first-order valence-electron chi connectivity index (χ1n) is 4.06. The van der Waals surface area contributed by atoms with Gasteiger partial charge >= 0.3 is 0 Å². The van der Waals surface area contributed by atoms with Crippen LogP contribution in [0.15, 0.2) is 24.3 Å². The fraction of sp³-hybridized carbons (Fsp3) is 0.500. The van der Waals surface area contributed by atoms with Crippen LogP contribution in [0.5, 0.6) is 0 Å². The summed E-state index contributed by atoms with van der Waals surface area (Å²) in [7, 11) is 0. The van der Waals surface area contributed by atoms with E-state index in [-0.39, 0.29) is 0 Å². The molecule has 0 aliphatic rings. The molecule has 0 aromatic rings. The fourth-order valence-corrected chi connectivity index (χ4v) is 0.687. The minimum Gasteiger partial charge on any atom is -0.291 e. The van der Waals surface area contributed by atoms with E-state index in [1.807, 2.05) is 18.4 Å². The second-order valence-electron chi connectivity index (χ2n) is 2.32. The highest BCUT2D eigenvalue weighted by atomic mass is 16.1. The third kappa shape index (κ3) is 9.15. The molecule has 1 radical (unpaired) electrons. The Morgan fingerprint density at radius 1 is 1.18 bits per heavy atom. The van der Waals surface area contributed by atoms with Crippen molar-refractivity contribution in [2.75, 3.05) is 0 Å². The Balaban J connectivity index is 3.17. The molecule has 1 heteroatoms. The number of carbonyl (C=O) groups excluding carboxylic acids is 1. The molecular formula is C10H15O. The molecule has 0 amide bonds. The second-order valence-corrected chi connectivity index (χ2v) is 2.32. The van der Waals surface area contributed by atoms with Gasteiger partial charge in [0.15, 0.2) is 0 Å². The van der Waals surface area contributed by atoms with E-state index in [1.54, 1.807) is 0 Å². The number of hydrogen-bond acceptors (Lipinski definition) is 1. The van der Waals surface area contributed by atoms with Crippen molar-refractivity contribution in [2.24, 2.45) is 0 Å². The first-order valence-corrected chi connectivity index (χ1v) is 4.06. The predicted molar refractivity (Wildman–Crippen MR) is 48.1 cm³/mol. The fourth-order valence-electron chi connectivity index (χ4n) is 0.687. The van der Waals surface area contributed by atoms with Crippen LogP contribution in [0.4, 0.5) is 0 Å². The van der Waals surface area contributed by atoms with Crippen molar-refractivity contribution in [1.82, 2.24) is 0 Å². The maximum atomic E-state index is 9.75. The molecule has 0 unspecified atom stereocenters. The van der Waals surface area contributed by atoms with E-state index in [2.05, 4.69) is 19.1 Å². The van der Waals surface area contributed by atoms with Crippen LogP contribution in [0.2, 0.25) is 0 Å². The Kier molecular flexibility index (Phi) is 8.44. The molecule has 0 aromatic carbocycles. The van der Waals surface area contributed by atoms with Crippen molar-refractivity contribution < 1.29 is 4.79 Å². The largest absolute Gasteiger partial charge is 0.291 e. The van der Waals surface area contributed by atoms with Crippen LogP contribution >= 0.6 is 0 Å². The van der Waals surface area contributed by atoms with Crippen LogP contribution in [0, 0.1) is 0 Å². The standard InChI is InChI=1S/C10H15O/c1-2-3-4-5-6-7-8-9-10-11/h4-5,7-8H,2-3,6,9H2,1H3/b5-4+,8-7+. The molecule has 0 aliphatic heterocycles. The highest BCUT2D eigenvalue weighted by molar-refractivity contribution is 5.52. The minimum atomic E-state index is 0.418. The van der Waals surface area contributed by atoms with Crippen LogP contribution in [0.25, 0.3) is 0 Å². The topological polar surface area (TPSA) is 17.1 Å². The van der Waals surface area contributed by atoms with E-state index in [0.717, 1.165) is 12.8 Å². The van der Waals surface area contributed by atoms with Gasteiger partial charge in [0.25, 0.3) is 0 Å². The normalized spacial score (nSPS) is 11.4. The summed E-state index contributed by atoms with van der Waals surface area (Å²) in [5.41, 5.74) is 0. The SMILES string of the molecule is CCC/C=C/C/C=C/C[C]=O. The Morgan fingerprint density at radius 3 is 2.55 bits per heavy atom. The van der Waals surface area contributed by atoms with Crippen LogP contribution in [0.3, 0.4) is 0 Å². The van der Waals surface area contributed by atoms with E-state index in [4.69, 9.17) is 0 Å². The maximum absolute atomic E-state index is 9.75. The summed E-state index contributed by atoms with van der Waals surface area (Å²) in [6, 6.07) is 0. The zero-order chi connectivity index (χ0) is 8.36. The summed E-state index contributed by atoms with van der Waals surface area (Å²) in [6.45, 7) is 2.15. The Bertz CT molecular complexity index is 134. The van der Waals surface area contributed by atoms with E-state index in [1.165, 1.54) is 6.42 Å². The molecule has 0 spiro atoms. The number of hydrogen-bond donors (Lipinski definition) is 0. The molecule has 0 heterocycles. The van der Waals surface area contributed by atoms with E-state index < -0.39 is 0 Å². The van der Waals surface area contributed by atoms with Gasteiger partial charge in [-0.1, -0.05) is 37.6 Å². The highest BCUT2D eigenvalue weighted by Crippen LogP contribution is 1.92. The van der Waals surface area contributed by atoms with Gasteiger partial charge in [0.1, 0.15) is 0 Å². The monoisotopic (exact) mass is 151 g/mol. The second kappa shape index (κ2) is 9.15. The van der Waals surface area contributed by atoms with Crippen molar-refractivity contribution in [3.63, 3.8) is 0 Å². The van der Waals surface area contributed by atoms with Gasteiger partial charge in [-0.2, -0.15) is 0 Å². The molecule has 0 fully saturated rings. The van der Waals surface area contributed by atoms with Crippen LogP contribution in [-0.2, 0) is 4.79 Å². The zero-order valence-corrected chi connectivity index (χ0v) is 7.05. The molecule has 0 rings (SSSR count). The lowest BCUT2D eigenvalue weighted by atomic mass is 10.2. The molecule has 61 valence electrons.